The van der Waals surface area contributed by atoms with Gasteiger partial charge in [-0.15, -0.1) is 0 Å². The van der Waals surface area contributed by atoms with Crippen LogP contribution in [0.4, 0.5) is 0 Å². The third-order valence-corrected chi connectivity index (χ3v) is 5.05. The molecule has 1 aliphatic carbocycles. The summed E-state index contributed by atoms with van der Waals surface area (Å²) in [5.41, 5.74) is 0.585. The minimum absolute atomic E-state index is 0.0754. The minimum Gasteiger partial charge on any atom is -0.491 e. The van der Waals surface area contributed by atoms with Crippen LogP contribution in [0.2, 0.25) is 0 Å². The average Bonchev–Trinajstić information content (AvgIpc) is 3.32. The fourth-order valence-electron chi connectivity index (χ4n) is 2.40. The smallest absolute Gasteiger partial charge is 0.338 e. The molecule has 21 heavy (non-hydrogen) atoms. The Kier molecular flexibility index (Phi) is 5.00. The molecular weight excluding hydrogens is 383 g/mol. The van der Waals surface area contributed by atoms with Gasteiger partial charge in [0.05, 0.1) is 12.2 Å². The van der Waals surface area contributed by atoms with Gasteiger partial charge < -0.3 is 14.2 Å². The first-order valence-electron chi connectivity index (χ1n) is 7.40. The number of ether oxygens (including phenoxy) is 3. The zero-order chi connectivity index (χ0) is 14.7. The molecule has 1 aromatic rings. The number of esters is 1. The highest BCUT2D eigenvalue weighted by atomic mass is 127. The van der Waals surface area contributed by atoms with Gasteiger partial charge in [0, 0.05) is 3.92 Å². The molecule has 1 saturated carbocycles. The summed E-state index contributed by atoms with van der Waals surface area (Å²) in [4.78, 5) is 12.1. The maximum Gasteiger partial charge on any atom is 0.338 e. The second-order valence-corrected chi connectivity index (χ2v) is 7.33. The van der Waals surface area contributed by atoms with E-state index in [0.29, 0.717) is 12.2 Å². The van der Waals surface area contributed by atoms with E-state index < -0.39 is 0 Å². The number of hydrogen-bond acceptors (Lipinski definition) is 4. The van der Waals surface area contributed by atoms with Crippen LogP contribution in [0, 0.1) is 0 Å². The van der Waals surface area contributed by atoms with Crippen molar-refractivity contribution in [1.29, 1.82) is 0 Å². The van der Waals surface area contributed by atoms with Crippen molar-refractivity contribution < 1.29 is 19.0 Å². The van der Waals surface area contributed by atoms with Crippen LogP contribution in [0.5, 0.6) is 5.75 Å². The molecule has 3 rings (SSSR count). The summed E-state index contributed by atoms with van der Waals surface area (Å²) in [5.74, 6) is 0.524. The van der Waals surface area contributed by atoms with E-state index in [1.807, 2.05) is 0 Å². The molecule has 1 aromatic carbocycles. The number of benzene rings is 1. The van der Waals surface area contributed by atoms with Crippen molar-refractivity contribution in [3.8, 4) is 5.75 Å². The van der Waals surface area contributed by atoms with E-state index in [2.05, 4.69) is 22.6 Å². The third-order valence-electron chi connectivity index (χ3n) is 3.81. The number of carbonyl (C=O) groups is 1. The number of halogens is 1. The predicted octanol–water partition coefficient (Wildman–Crippen LogP) is 3.37. The molecule has 1 saturated heterocycles. The Morgan fingerprint density at radius 2 is 1.86 bits per heavy atom. The van der Waals surface area contributed by atoms with Crippen molar-refractivity contribution >= 4 is 28.6 Å². The summed E-state index contributed by atoms with van der Waals surface area (Å²) in [6.07, 6.45) is 4.53. The van der Waals surface area contributed by atoms with Gasteiger partial charge in [0.1, 0.15) is 24.6 Å². The number of hydrogen-bond donors (Lipinski definition) is 0. The molecule has 0 N–H and O–H groups in total. The highest BCUT2D eigenvalue weighted by molar-refractivity contribution is 14.1. The molecule has 114 valence electrons. The number of alkyl halides is 1. The molecule has 5 heteroatoms. The molecule has 1 atom stereocenters. The Balaban J connectivity index is 1.49. The quantitative estimate of drug-likeness (QED) is 0.328. The summed E-state index contributed by atoms with van der Waals surface area (Å²) >= 11 is 2.47. The lowest BCUT2D eigenvalue weighted by atomic mass is 9.97. The van der Waals surface area contributed by atoms with E-state index in [-0.39, 0.29) is 18.2 Å². The molecule has 0 amide bonds. The Bertz CT molecular complexity index is 476. The summed E-state index contributed by atoms with van der Waals surface area (Å²) in [5, 5.41) is 0. The summed E-state index contributed by atoms with van der Waals surface area (Å²) < 4.78 is 16.9. The van der Waals surface area contributed by atoms with Crippen molar-refractivity contribution in [2.24, 2.45) is 0 Å². The molecule has 0 spiro atoms. The lowest BCUT2D eigenvalue weighted by Crippen LogP contribution is -2.24. The summed E-state index contributed by atoms with van der Waals surface area (Å²) in [7, 11) is 0. The largest absolute Gasteiger partial charge is 0.491 e. The lowest BCUT2D eigenvalue weighted by Gasteiger charge is -2.25. The van der Waals surface area contributed by atoms with Gasteiger partial charge in [0.15, 0.2) is 0 Å². The van der Waals surface area contributed by atoms with E-state index in [4.69, 9.17) is 14.2 Å². The molecule has 4 nitrogen and oxygen atoms in total. The number of carbonyl (C=O) groups excluding carboxylic acids is 1. The van der Waals surface area contributed by atoms with Crippen molar-refractivity contribution in [1.82, 2.24) is 0 Å². The maximum atomic E-state index is 12.1. The second-order valence-electron chi connectivity index (χ2n) is 5.57. The van der Waals surface area contributed by atoms with Crippen LogP contribution in [0.1, 0.15) is 36.0 Å². The van der Waals surface area contributed by atoms with Crippen LogP contribution in [0.25, 0.3) is 0 Å². The van der Waals surface area contributed by atoms with E-state index in [0.717, 1.165) is 42.0 Å². The highest BCUT2D eigenvalue weighted by Crippen LogP contribution is 2.27. The van der Waals surface area contributed by atoms with Crippen LogP contribution in [-0.4, -0.2) is 35.3 Å². The lowest BCUT2D eigenvalue weighted by molar-refractivity contribution is 0.0218. The Labute approximate surface area is 138 Å². The molecule has 1 heterocycles. The van der Waals surface area contributed by atoms with Crippen molar-refractivity contribution in [2.45, 2.75) is 41.8 Å². The molecule has 0 aromatic heterocycles. The van der Waals surface area contributed by atoms with E-state index in [1.54, 1.807) is 24.3 Å². The van der Waals surface area contributed by atoms with Gasteiger partial charge >= 0.3 is 5.97 Å². The zero-order valence-electron chi connectivity index (χ0n) is 11.8. The van der Waals surface area contributed by atoms with Crippen LogP contribution in [0.3, 0.4) is 0 Å². The van der Waals surface area contributed by atoms with Crippen molar-refractivity contribution in [2.75, 3.05) is 13.2 Å². The molecule has 0 radical (unpaired) electrons. The fourth-order valence-corrected chi connectivity index (χ4v) is 3.12. The zero-order valence-corrected chi connectivity index (χ0v) is 14.0. The molecule has 1 unspecified atom stereocenters. The van der Waals surface area contributed by atoms with Crippen LogP contribution >= 0.6 is 22.6 Å². The first-order valence-corrected chi connectivity index (χ1v) is 8.65. The second kappa shape index (κ2) is 6.96. The van der Waals surface area contributed by atoms with E-state index in [9.17, 15) is 4.79 Å². The molecular formula is C16H19IO4. The van der Waals surface area contributed by atoms with E-state index in [1.165, 1.54) is 0 Å². The van der Waals surface area contributed by atoms with Crippen molar-refractivity contribution in [3.05, 3.63) is 29.8 Å². The van der Waals surface area contributed by atoms with Gasteiger partial charge in [-0.05, 0) is 49.9 Å². The first kappa shape index (κ1) is 15.1. The monoisotopic (exact) mass is 402 g/mol. The summed E-state index contributed by atoms with van der Waals surface area (Å²) in [6, 6.07) is 7.13. The minimum atomic E-state index is -0.232. The molecule has 1 aliphatic heterocycles. The normalized spacial score (nSPS) is 28.0. The number of rotatable bonds is 5. The van der Waals surface area contributed by atoms with Gasteiger partial charge in [-0.3, -0.25) is 0 Å². The topological polar surface area (TPSA) is 48.1 Å². The molecule has 2 fully saturated rings. The third kappa shape index (κ3) is 4.57. The molecule has 2 aliphatic rings. The number of epoxide rings is 1. The first-order chi connectivity index (χ1) is 10.2. The highest BCUT2D eigenvalue weighted by Gasteiger charge is 2.24. The van der Waals surface area contributed by atoms with Gasteiger partial charge in [0.25, 0.3) is 0 Å². The maximum absolute atomic E-state index is 12.1. The van der Waals surface area contributed by atoms with Crippen LogP contribution in [0.15, 0.2) is 24.3 Å². The fraction of sp³-hybridized carbons (Fsp3) is 0.562. The SMILES string of the molecule is O=C(OC1CCC(I)CC1)c1ccc(OCC2CO2)cc1. The Morgan fingerprint density at radius 1 is 1.19 bits per heavy atom. The Hall–Kier alpha value is -0.820. The van der Waals surface area contributed by atoms with Gasteiger partial charge in [0.2, 0.25) is 0 Å². The predicted molar refractivity (Wildman–Crippen MR) is 87.2 cm³/mol. The van der Waals surface area contributed by atoms with Gasteiger partial charge in [-0.1, -0.05) is 22.6 Å². The van der Waals surface area contributed by atoms with E-state index >= 15 is 0 Å². The molecule has 0 bridgehead atoms. The Morgan fingerprint density at radius 3 is 2.48 bits per heavy atom. The van der Waals surface area contributed by atoms with Gasteiger partial charge in [-0.25, -0.2) is 4.79 Å². The van der Waals surface area contributed by atoms with Crippen LogP contribution < -0.4 is 4.74 Å². The van der Waals surface area contributed by atoms with Crippen molar-refractivity contribution in [3.63, 3.8) is 0 Å². The standard InChI is InChI=1S/C16H19IO4/c17-12-3-7-14(8-4-12)21-16(18)11-1-5-13(6-2-11)19-9-15-10-20-15/h1-2,5-6,12,14-15H,3-4,7-10H2. The average molecular weight is 402 g/mol. The summed E-state index contributed by atoms with van der Waals surface area (Å²) in [6.45, 7) is 1.35. The van der Waals surface area contributed by atoms with Crippen LogP contribution in [-0.2, 0) is 9.47 Å². The van der Waals surface area contributed by atoms with Gasteiger partial charge in [-0.2, -0.15) is 0 Å².